The van der Waals surface area contributed by atoms with Crippen molar-refractivity contribution in [3.05, 3.63) is 29.3 Å². The molecule has 5 nitrogen and oxygen atoms in total. The molecule has 2 N–H and O–H groups in total. The van der Waals surface area contributed by atoms with Gasteiger partial charge in [-0.15, -0.1) is 0 Å². The van der Waals surface area contributed by atoms with Crippen LogP contribution in [-0.2, 0) is 16.1 Å². The predicted octanol–water partition coefficient (Wildman–Crippen LogP) is 0.629. The standard InChI is InChI=1S/C14H19NO4/c1-10-5-11(3-4-12(10)18-2)6-15-13(17)14(7-16)8-19-9-14/h3-5,16H,6-9H2,1-2H3,(H,15,17). The van der Waals surface area contributed by atoms with Crippen molar-refractivity contribution in [2.45, 2.75) is 13.5 Å². The lowest BCUT2D eigenvalue weighted by Crippen LogP contribution is -2.56. The molecule has 0 bridgehead atoms. The first-order valence-electron chi connectivity index (χ1n) is 6.22. The monoisotopic (exact) mass is 265 g/mol. The quantitative estimate of drug-likeness (QED) is 0.819. The average molecular weight is 265 g/mol. The SMILES string of the molecule is COc1ccc(CNC(=O)C2(CO)COC2)cc1C. The molecule has 1 aromatic carbocycles. The van der Waals surface area contributed by atoms with Crippen molar-refractivity contribution < 1.29 is 19.4 Å². The van der Waals surface area contributed by atoms with Crippen LogP contribution in [0.3, 0.4) is 0 Å². The Morgan fingerprint density at radius 1 is 1.53 bits per heavy atom. The molecular formula is C14H19NO4. The fraction of sp³-hybridized carbons (Fsp3) is 0.500. The zero-order valence-electron chi connectivity index (χ0n) is 11.2. The predicted molar refractivity (Wildman–Crippen MR) is 69.9 cm³/mol. The van der Waals surface area contributed by atoms with Gasteiger partial charge in [-0.25, -0.2) is 0 Å². The number of carbonyl (C=O) groups is 1. The molecule has 1 aliphatic heterocycles. The van der Waals surface area contributed by atoms with Crippen molar-refractivity contribution in [1.82, 2.24) is 5.32 Å². The molecule has 2 rings (SSSR count). The van der Waals surface area contributed by atoms with Crippen LogP contribution in [0.25, 0.3) is 0 Å². The van der Waals surface area contributed by atoms with E-state index in [1.807, 2.05) is 25.1 Å². The highest BCUT2D eigenvalue weighted by Crippen LogP contribution is 2.27. The third kappa shape index (κ3) is 2.72. The topological polar surface area (TPSA) is 67.8 Å². The zero-order valence-corrected chi connectivity index (χ0v) is 11.2. The summed E-state index contributed by atoms with van der Waals surface area (Å²) < 4.78 is 10.2. The Labute approximate surface area is 112 Å². The first kappa shape index (κ1) is 13.8. The van der Waals surface area contributed by atoms with Crippen LogP contribution in [0.2, 0.25) is 0 Å². The normalized spacial score (nSPS) is 16.6. The van der Waals surface area contributed by atoms with Gasteiger partial charge in [0.15, 0.2) is 0 Å². The number of hydrogen-bond acceptors (Lipinski definition) is 4. The molecule has 1 heterocycles. The van der Waals surface area contributed by atoms with Crippen molar-refractivity contribution >= 4 is 5.91 Å². The molecule has 0 aliphatic carbocycles. The van der Waals surface area contributed by atoms with Gasteiger partial charge in [-0.1, -0.05) is 12.1 Å². The van der Waals surface area contributed by atoms with Crippen molar-refractivity contribution in [3.63, 3.8) is 0 Å². The van der Waals surface area contributed by atoms with Gasteiger partial charge in [0.1, 0.15) is 11.2 Å². The summed E-state index contributed by atoms with van der Waals surface area (Å²) in [5.41, 5.74) is 1.28. The summed E-state index contributed by atoms with van der Waals surface area (Å²) in [6.45, 7) is 2.79. The van der Waals surface area contributed by atoms with Crippen LogP contribution in [0.1, 0.15) is 11.1 Å². The number of benzene rings is 1. The van der Waals surface area contributed by atoms with Gasteiger partial charge in [0.25, 0.3) is 0 Å². The number of rotatable bonds is 5. The minimum atomic E-state index is -0.748. The van der Waals surface area contributed by atoms with Gasteiger partial charge in [0.2, 0.25) is 5.91 Å². The highest BCUT2D eigenvalue weighted by atomic mass is 16.5. The number of aliphatic hydroxyl groups excluding tert-OH is 1. The van der Waals surface area contributed by atoms with E-state index in [0.29, 0.717) is 6.54 Å². The summed E-state index contributed by atoms with van der Waals surface area (Å²) in [6, 6.07) is 5.77. The van der Waals surface area contributed by atoms with E-state index < -0.39 is 5.41 Å². The third-order valence-electron chi connectivity index (χ3n) is 3.45. The third-order valence-corrected chi connectivity index (χ3v) is 3.45. The maximum Gasteiger partial charge on any atom is 0.233 e. The second-order valence-electron chi connectivity index (χ2n) is 4.92. The molecule has 19 heavy (non-hydrogen) atoms. The number of carbonyl (C=O) groups excluding carboxylic acids is 1. The van der Waals surface area contributed by atoms with Gasteiger partial charge in [0.05, 0.1) is 26.9 Å². The van der Waals surface area contributed by atoms with Crippen molar-refractivity contribution in [1.29, 1.82) is 0 Å². The van der Waals surface area contributed by atoms with Gasteiger partial charge in [-0.3, -0.25) is 4.79 Å². The Kier molecular flexibility index (Phi) is 4.07. The smallest absolute Gasteiger partial charge is 0.233 e. The molecule has 1 aromatic rings. The molecule has 1 aliphatic rings. The summed E-state index contributed by atoms with van der Waals surface area (Å²) >= 11 is 0. The Morgan fingerprint density at radius 3 is 2.74 bits per heavy atom. The highest BCUT2D eigenvalue weighted by Gasteiger charge is 2.45. The lowest BCUT2D eigenvalue weighted by Gasteiger charge is -2.38. The Bertz CT molecular complexity index is 463. The second-order valence-corrected chi connectivity index (χ2v) is 4.92. The maximum absolute atomic E-state index is 12.0. The van der Waals surface area contributed by atoms with Gasteiger partial charge >= 0.3 is 0 Å². The van der Waals surface area contributed by atoms with E-state index in [1.165, 1.54) is 0 Å². The van der Waals surface area contributed by atoms with Crippen molar-refractivity contribution in [2.75, 3.05) is 26.9 Å². The number of methoxy groups -OCH3 is 1. The van der Waals surface area contributed by atoms with E-state index in [4.69, 9.17) is 9.47 Å². The van der Waals surface area contributed by atoms with E-state index in [0.717, 1.165) is 16.9 Å². The minimum Gasteiger partial charge on any atom is -0.496 e. The number of aliphatic hydroxyl groups is 1. The van der Waals surface area contributed by atoms with E-state index in [2.05, 4.69) is 5.32 Å². The van der Waals surface area contributed by atoms with Crippen LogP contribution in [0.4, 0.5) is 0 Å². The average Bonchev–Trinajstić information content (AvgIpc) is 2.36. The molecule has 0 saturated carbocycles. The Hall–Kier alpha value is -1.59. The Balaban J connectivity index is 1.95. The first-order valence-corrected chi connectivity index (χ1v) is 6.22. The maximum atomic E-state index is 12.0. The first-order chi connectivity index (χ1) is 9.11. The molecule has 104 valence electrons. The van der Waals surface area contributed by atoms with Crippen LogP contribution in [0, 0.1) is 12.3 Å². The molecule has 1 amide bonds. The van der Waals surface area contributed by atoms with Crippen LogP contribution in [0.15, 0.2) is 18.2 Å². The number of aryl methyl sites for hydroxylation is 1. The fourth-order valence-electron chi connectivity index (χ4n) is 2.06. The number of hydrogen-bond donors (Lipinski definition) is 2. The van der Waals surface area contributed by atoms with E-state index in [9.17, 15) is 9.90 Å². The summed E-state index contributed by atoms with van der Waals surface area (Å²) in [5, 5.41) is 12.1. The number of nitrogens with one attached hydrogen (secondary N) is 1. The summed E-state index contributed by atoms with van der Waals surface area (Å²) in [5.74, 6) is 0.670. The number of ether oxygens (including phenoxy) is 2. The van der Waals surface area contributed by atoms with Crippen LogP contribution >= 0.6 is 0 Å². The van der Waals surface area contributed by atoms with Crippen molar-refractivity contribution in [2.24, 2.45) is 5.41 Å². The van der Waals surface area contributed by atoms with Gasteiger partial charge < -0.3 is 19.9 Å². The molecular weight excluding hydrogens is 246 g/mol. The van der Waals surface area contributed by atoms with E-state index in [-0.39, 0.29) is 25.7 Å². The summed E-state index contributed by atoms with van der Waals surface area (Å²) in [7, 11) is 1.63. The minimum absolute atomic E-state index is 0.158. The van der Waals surface area contributed by atoms with Crippen molar-refractivity contribution in [3.8, 4) is 5.75 Å². The largest absolute Gasteiger partial charge is 0.496 e. The van der Waals surface area contributed by atoms with Gasteiger partial charge in [0, 0.05) is 6.54 Å². The molecule has 1 fully saturated rings. The lowest BCUT2D eigenvalue weighted by atomic mass is 9.86. The molecule has 1 saturated heterocycles. The fourth-order valence-corrected chi connectivity index (χ4v) is 2.06. The van der Waals surface area contributed by atoms with Crippen LogP contribution in [0.5, 0.6) is 5.75 Å². The number of amides is 1. The molecule has 5 heteroatoms. The molecule has 0 radical (unpaired) electrons. The van der Waals surface area contributed by atoms with E-state index >= 15 is 0 Å². The van der Waals surface area contributed by atoms with Crippen LogP contribution in [-0.4, -0.2) is 37.9 Å². The summed E-state index contributed by atoms with van der Waals surface area (Å²) in [6.07, 6.45) is 0. The highest BCUT2D eigenvalue weighted by molar-refractivity contribution is 5.83. The van der Waals surface area contributed by atoms with Gasteiger partial charge in [-0.05, 0) is 24.1 Å². The van der Waals surface area contributed by atoms with E-state index in [1.54, 1.807) is 7.11 Å². The Morgan fingerprint density at radius 2 is 2.26 bits per heavy atom. The zero-order chi connectivity index (χ0) is 13.9. The molecule has 0 unspecified atom stereocenters. The molecule has 0 atom stereocenters. The molecule has 0 aromatic heterocycles. The second kappa shape index (κ2) is 5.59. The van der Waals surface area contributed by atoms with Gasteiger partial charge in [-0.2, -0.15) is 0 Å². The lowest BCUT2D eigenvalue weighted by molar-refractivity contribution is -0.170. The molecule has 0 spiro atoms. The van der Waals surface area contributed by atoms with Crippen LogP contribution < -0.4 is 10.1 Å². The summed E-state index contributed by atoms with van der Waals surface area (Å²) in [4.78, 5) is 12.0.